The lowest BCUT2D eigenvalue weighted by atomic mass is 10.1. The van der Waals surface area contributed by atoms with E-state index in [2.05, 4.69) is 62.8 Å². The molecule has 1 N–H and O–H groups in total. The van der Waals surface area contributed by atoms with Crippen molar-refractivity contribution in [2.45, 2.75) is 26.7 Å². The zero-order valence-corrected chi connectivity index (χ0v) is 17.1. The minimum atomic E-state index is 0.753. The summed E-state index contributed by atoms with van der Waals surface area (Å²) in [5.41, 5.74) is 3.21. The highest BCUT2D eigenvalue weighted by molar-refractivity contribution is 9.10. The second-order valence-electron chi connectivity index (χ2n) is 6.41. The zero-order chi connectivity index (χ0) is 18.4. The van der Waals surface area contributed by atoms with Crippen LogP contribution in [0, 0.1) is 0 Å². The van der Waals surface area contributed by atoms with Crippen molar-refractivity contribution in [1.29, 1.82) is 0 Å². The Balaban J connectivity index is 1.59. The fraction of sp³-hybridized carbons (Fsp3) is 0.381. The Morgan fingerprint density at radius 2 is 1.96 bits per heavy atom. The monoisotopic (exact) mass is 415 g/mol. The number of ether oxygens (including phenoxy) is 1. The summed E-state index contributed by atoms with van der Waals surface area (Å²) in [6.45, 7) is 8.57. The van der Waals surface area contributed by atoms with Crippen LogP contribution in [0.4, 0.5) is 0 Å². The Kier molecular flexibility index (Phi) is 6.69. The number of aromatic nitrogens is 2. The highest BCUT2D eigenvalue weighted by Gasteiger charge is 2.08. The van der Waals surface area contributed by atoms with E-state index in [-0.39, 0.29) is 0 Å². The van der Waals surface area contributed by atoms with Crippen molar-refractivity contribution < 1.29 is 4.74 Å². The maximum absolute atomic E-state index is 5.90. The molecule has 0 aliphatic carbocycles. The molecule has 3 rings (SSSR count). The van der Waals surface area contributed by atoms with E-state index >= 15 is 0 Å². The Bertz CT molecular complexity index is 829. The lowest BCUT2D eigenvalue weighted by molar-refractivity contribution is 0.242. The summed E-state index contributed by atoms with van der Waals surface area (Å²) < 4.78 is 6.89. The van der Waals surface area contributed by atoms with Gasteiger partial charge < -0.3 is 14.6 Å². The number of rotatable bonds is 9. The van der Waals surface area contributed by atoms with E-state index in [0.717, 1.165) is 58.5 Å². The Morgan fingerprint density at radius 3 is 2.69 bits per heavy atom. The number of fused-ring (bicyclic) bond motifs is 1. The number of aromatic amines is 1. The van der Waals surface area contributed by atoms with Crippen molar-refractivity contribution in [2.75, 3.05) is 26.2 Å². The summed E-state index contributed by atoms with van der Waals surface area (Å²) >= 11 is 3.50. The first kappa shape index (κ1) is 18.9. The number of benzene rings is 1. The summed E-state index contributed by atoms with van der Waals surface area (Å²) in [4.78, 5) is 10.1. The van der Waals surface area contributed by atoms with Crippen LogP contribution in [-0.2, 0) is 0 Å². The van der Waals surface area contributed by atoms with Crippen LogP contribution in [0.25, 0.3) is 22.2 Å². The molecule has 0 unspecified atom stereocenters. The van der Waals surface area contributed by atoms with E-state index in [0.29, 0.717) is 0 Å². The van der Waals surface area contributed by atoms with Crippen molar-refractivity contribution in [3.8, 4) is 16.9 Å². The van der Waals surface area contributed by atoms with Gasteiger partial charge in [0, 0.05) is 34.4 Å². The number of nitrogens with zero attached hydrogens (tertiary/aromatic N) is 2. The van der Waals surface area contributed by atoms with Crippen molar-refractivity contribution in [2.24, 2.45) is 0 Å². The fourth-order valence-corrected chi connectivity index (χ4v) is 3.50. The number of halogens is 1. The molecule has 4 nitrogen and oxygen atoms in total. The first-order valence-electron chi connectivity index (χ1n) is 9.29. The average molecular weight is 416 g/mol. The summed E-state index contributed by atoms with van der Waals surface area (Å²) in [6, 6.07) is 10.4. The first-order valence-corrected chi connectivity index (χ1v) is 10.1. The van der Waals surface area contributed by atoms with Gasteiger partial charge in [-0.15, -0.1) is 0 Å². The Hall–Kier alpha value is -1.85. The molecular formula is C21H26BrN3O. The smallest absolute Gasteiger partial charge is 0.137 e. The summed E-state index contributed by atoms with van der Waals surface area (Å²) in [6.07, 6.45) is 6.07. The lowest BCUT2D eigenvalue weighted by Crippen LogP contribution is -2.26. The van der Waals surface area contributed by atoms with E-state index < -0.39 is 0 Å². The van der Waals surface area contributed by atoms with Crippen molar-refractivity contribution in [3.05, 3.63) is 47.2 Å². The normalized spacial score (nSPS) is 11.4. The molecule has 2 aromatic heterocycles. The first-order chi connectivity index (χ1) is 12.7. The minimum absolute atomic E-state index is 0.753. The van der Waals surface area contributed by atoms with Crippen LogP contribution >= 0.6 is 15.9 Å². The highest BCUT2D eigenvalue weighted by Crippen LogP contribution is 2.30. The molecule has 0 aliphatic rings. The molecule has 0 radical (unpaired) electrons. The number of pyridine rings is 1. The van der Waals surface area contributed by atoms with Crippen LogP contribution in [0.15, 0.2) is 47.2 Å². The molecule has 0 aliphatic heterocycles. The minimum Gasteiger partial charge on any atom is -0.494 e. The highest BCUT2D eigenvalue weighted by atomic mass is 79.9. The van der Waals surface area contributed by atoms with Crippen LogP contribution in [0.1, 0.15) is 26.7 Å². The number of H-pyrrole nitrogens is 1. The van der Waals surface area contributed by atoms with E-state index in [4.69, 9.17) is 4.74 Å². The molecule has 1 aromatic carbocycles. The van der Waals surface area contributed by atoms with Crippen molar-refractivity contribution >= 4 is 27.0 Å². The molecule has 2 heterocycles. The van der Waals surface area contributed by atoms with Gasteiger partial charge in [-0.05, 0) is 65.6 Å². The molecule has 0 atom stereocenters. The van der Waals surface area contributed by atoms with Crippen LogP contribution in [0.2, 0.25) is 0 Å². The van der Waals surface area contributed by atoms with Crippen molar-refractivity contribution in [1.82, 2.24) is 14.9 Å². The molecular weight excluding hydrogens is 390 g/mol. The van der Waals surface area contributed by atoms with E-state index in [9.17, 15) is 0 Å². The molecule has 26 heavy (non-hydrogen) atoms. The van der Waals surface area contributed by atoms with Crippen molar-refractivity contribution in [3.63, 3.8) is 0 Å². The number of nitrogens with one attached hydrogen (secondary N) is 1. The largest absolute Gasteiger partial charge is 0.494 e. The predicted octanol–water partition coefficient (Wildman–Crippen LogP) is 5.49. The van der Waals surface area contributed by atoms with Gasteiger partial charge in [-0.2, -0.15) is 0 Å². The number of hydrogen-bond donors (Lipinski definition) is 1. The van der Waals surface area contributed by atoms with Crippen LogP contribution in [0.5, 0.6) is 5.75 Å². The third-order valence-electron chi connectivity index (χ3n) is 4.54. The SMILES string of the molecule is CCCN(CC)CCCOc1ccc(-c2c[nH]c3ncc(Br)cc23)cc1. The van der Waals surface area contributed by atoms with Crippen LogP contribution in [0.3, 0.4) is 0 Å². The average Bonchev–Trinajstić information content (AvgIpc) is 3.07. The fourth-order valence-electron chi connectivity index (χ4n) is 3.17. The molecule has 0 fully saturated rings. The van der Waals surface area contributed by atoms with Gasteiger partial charge in [0.2, 0.25) is 0 Å². The maximum atomic E-state index is 5.90. The van der Waals surface area contributed by atoms with E-state index in [1.54, 1.807) is 6.20 Å². The predicted molar refractivity (Wildman–Crippen MR) is 112 cm³/mol. The molecule has 0 saturated heterocycles. The van der Waals surface area contributed by atoms with Crippen LogP contribution < -0.4 is 4.74 Å². The third kappa shape index (κ3) is 4.65. The van der Waals surface area contributed by atoms with Gasteiger partial charge >= 0.3 is 0 Å². The van der Waals surface area contributed by atoms with Gasteiger partial charge in [-0.25, -0.2) is 4.98 Å². The summed E-state index contributed by atoms with van der Waals surface area (Å²) in [7, 11) is 0. The molecule has 138 valence electrons. The van der Waals surface area contributed by atoms with Gasteiger partial charge in [-0.3, -0.25) is 0 Å². The molecule has 3 aromatic rings. The van der Waals surface area contributed by atoms with E-state index in [1.165, 1.54) is 13.0 Å². The Morgan fingerprint density at radius 1 is 1.15 bits per heavy atom. The second-order valence-corrected chi connectivity index (χ2v) is 7.33. The lowest BCUT2D eigenvalue weighted by Gasteiger charge is -2.19. The third-order valence-corrected chi connectivity index (χ3v) is 4.97. The quantitative estimate of drug-likeness (QED) is 0.469. The molecule has 0 spiro atoms. The Labute approximate surface area is 163 Å². The topological polar surface area (TPSA) is 41.1 Å². The standard InChI is InChI=1S/C21H26BrN3O/c1-3-10-25(4-2)11-5-12-26-18-8-6-16(7-9-18)20-15-24-21-19(20)13-17(22)14-23-21/h6-9,13-15H,3-5,10-12H2,1-2H3,(H,23,24). The van der Waals surface area contributed by atoms with Gasteiger partial charge in [0.25, 0.3) is 0 Å². The van der Waals surface area contributed by atoms with Crippen LogP contribution in [-0.4, -0.2) is 41.1 Å². The van der Waals surface area contributed by atoms with Gasteiger partial charge in [-0.1, -0.05) is 26.0 Å². The van der Waals surface area contributed by atoms with Gasteiger partial charge in [0.15, 0.2) is 0 Å². The number of hydrogen-bond acceptors (Lipinski definition) is 3. The maximum Gasteiger partial charge on any atom is 0.137 e. The van der Waals surface area contributed by atoms with Gasteiger partial charge in [0.05, 0.1) is 6.61 Å². The molecule has 0 bridgehead atoms. The summed E-state index contributed by atoms with van der Waals surface area (Å²) in [5, 5.41) is 1.11. The second kappa shape index (κ2) is 9.19. The van der Waals surface area contributed by atoms with E-state index in [1.807, 2.05) is 18.3 Å². The summed E-state index contributed by atoms with van der Waals surface area (Å²) in [5.74, 6) is 0.923. The zero-order valence-electron chi connectivity index (χ0n) is 15.5. The molecule has 5 heteroatoms. The molecule has 0 saturated carbocycles. The van der Waals surface area contributed by atoms with Gasteiger partial charge in [0.1, 0.15) is 11.4 Å². The molecule has 0 amide bonds.